The van der Waals surface area contributed by atoms with Crippen LogP contribution in [0.5, 0.6) is 0 Å². The van der Waals surface area contributed by atoms with Gasteiger partial charge in [-0.15, -0.1) is 23.2 Å². The van der Waals surface area contributed by atoms with Crippen LogP contribution in [0.25, 0.3) is 0 Å². The van der Waals surface area contributed by atoms with Crippen LogP contribution in [0.1, 0.15) is 40.0 Å². The van der Waals surface area contributed by atoms with Crippen LogP contribution < -0.4 is 16.0 Å². The molecule has 0 unspecified atom stereocenters. The number of halogens is 5. The lowest BCUT2D eigenvalue weighted by Gasteiger charge is -2.37. The Bertz CT molecular complexity index is 1490. The van der Waals surface area contributed by atoms with Gasteiger partial charge < -0.3 is 58.9 Å². The number of likely N-dealkylation sites (N-methyl/N-ethyl adjacent to an activating group) is 1. The number of esters is 1. The summed E-state index contributed by atoms with van der Waals surface area (Å²) in [5, 5.41) is 6.95. The molecule has 0 aromatic rings. The zero-order valence-electron chi connectivity index (χ0n) is 36.0. The van der Waals surface area contributed by atoms with Gasteiger partial charge in [0.15, 0.2) is 12.4 Å². The number of nitrogens with one attached hydrogen (secondary N) is 3. The van der Waals surface area contributed by atoms with E-state index >= 15 is 0 Å². The molecule has 1 saturated carbocycles. The second-order valence-electron chi connectivity index (χ2n) is 16.4. The molecule has 0 aromatic heterocycles. The molecule has 356 valence electrons. The van der Waals surface area contributed by atoms with E-state index in [2.05, 4.69) is 10.6 Å². The van der Waals surface area contributed by atoms with Crippen LogP contribution in [0, 0.1) is 23.2 Å². The van der Waals surface area contributed by atoms with E-state index in [9.17, 15) is 41.9 Å². The Hall–Kier alpha value is -2.89. The SMILES string of the molecule is CN(C)CCOCCOCCOCCOCCOCCOCCC(=O)OCC(=O)[C@H](C[C@@H]1CCNC1=O)NC(=O)[C@@H]1[C@@H]2[C@H](CN1C(=O)[C@@H](NC(=O)C(F)(F)F)C(C)(C)C)C2(Cl)Cl. The van der Waals surface area contributed by atoms with Crippen LogP contribution in [0.4, 0.5) is 13.2 Å². The third kappa shape index (κ3) is 17.6. The maximum Gasteiger partial charge on any atom is 0.471 e. The molecule has 6 atom stereocenters. The molecule has 62 heavy (non-hydrogen) atoms. The number of hydrogen-bond donors (Lipinski definition) is 3. The molecule has 1 aliphatic carbocycles. The Balaban J connectivity index is 1.39. The van der Waals surface area contributed by atoms with Gasteiger partial charge in [0, 0.05) is 37.4 Å². The van der Waals surface area contributed by atoms with Crippen LogP contribution in [-0.2, 0) is 61.9 Å². The number of carbonyl (C=O) groups is 6. The topological polar surface area (TPSA) is 210 Å². The van der Waals surface area contributed by atoms with E-state index in [0.29, 0.717) is 72.4 Å². The highest BCUT2D eigenvalue weighted by molar-refractivity contribution is 6.51. The quantitative estimate of drug-likeness (QED) is 0.0520. The second-order valence-corrected chi connectivity index (χ2v) is 17.9. The Morgan fingerprint density at radius 1 is 0.839 bits per heavy atom. The Morgan fingerprint density at radius 3 is 1.82 bits per heavy atom. The number of ketones is 1. The van der Waals surface area contributed by atoms with Crippen molar-refractivity contribution >= 4 is 58.6 Å². The minimum Gasteiger partial charge on any atom is -0.458 e. The molecule has 2 saturated heterocycles. The fourth-order valence-electron chi connectivity index (χ4n) is 6.77. The molecule has 3 aliphatic rings. The van der Waals surface area contributed by atoms with Gasteiger partial charge >= 0.3 is 18.1 Å². The molecule has 0 bridgehead atoms. The number of Topliss-reactive ketones (excluding diaryl/α,β-unsaturated/α-hetero) is 1. The van der Waals surface area contributed by atoms with Crippen molar-refractivity contribution in [3.05, 3.63) is 0 Å². The molecule has 0 radical (unpaired) electrons. The van der Waals surface area contributed by atoms with Gasteiger partial charge in [0.1, 0.15) is 16.4 Å². The van der Waals surface area contributed by atoms with E-state index in [4.69, 9.17) is 56.4 Å². The number of hydrogen-bond acceptors (Lipinski definition) is 14. The summed E-state index contributed by atoms with van der Waals surface area (Å²) in [6.07, 6.45) is -5.31. The van der Waals surface area contributed by atoms with Gasteiger partial charge in [0.2, 0.25) is 17.7 Å². The van der Waals surface area contributed by atoms with Crippen LogP contribution in [0.3, 0.4) is 0 Å². The van der Waals surface area contributed by atoms with E-state index < -0.39 is 87.9 Å². The third-order valence-corrected chi connectivity index (χ3v) is 11.4. The number of piperidine rings is 1. The maximum atomic E-state index is 14.0. The van der Waals surface area contributed by atoms with Gasteiger partial charge in [-0.05, 0) is 32.4 Å². The van der Waals surface area contributed by atoms with Crippen LogP contribution in [-0.4, -0.2) is 193 Å². The largest absolute Gasteiger partial charge is 0.471 e. The molecular formula is C39H62Cl2F3N5O13. The minimum atomic E-state index is -5.28. The van der Waals surface area contributed by atoms with Crippen molar-refractivity contribution in [2.24, 2.45) is 23.2 Å². The van der Waals surface area contributed by atoms with E-state index in [1.807, 2.05) is 19.0 Å². The molecule has 2 aliphatic heterocycles. The standard InChI is InChI=1S/C39H62Cl2F3N5O13/c1-37(2,3)32(47-36(55)39(42,43)44)35(54)49-23-26-30(38(26,40)41)31(49)34(53)46-27(22-25-6-8-45-33(25)52)28(50)24-62-29(51)7-10-56-12-14-58-16-18-60-20-21-61-19-17-59-15-13-57-11-9-48(4)5/h25-27,30-32H,6-24H2,1-5H3,(H,45,52)(H,46,53)(H,47,55)/t25-,26-,27-,30-,31-,32+/m0/s1. The first-order valence-corrected chi connectivity index (χ1v) is 21.3. The molecule has 18 nitrogen and oxygen atoms in total. The highest BCUT2D eigenvalue weighted by Gasteiger charge is 2.74. The van der Waals surface area contributed by atoms with Gasteiger partial charge in [-0.3, -0.25) is 28.8 Å². The Morgan fingerprint density at radius 2 is 1.35 bits per heavy atom. The summed E-state index contributed by atoms with van der Waals surface area (Å²) < 4.78 is 76.0. The van der Waals surface area contributed by atoms with Crippen LogP contribution >= 0.6 is 23.2 Å². The van der Waals surface area contributed by atoms with Gasteiger partial charge in [-0.1, -0.05) is 20.8 Å². The van der Waals surface area contributed by atoms with E-state index in [1.54, 1.807) is 5.32 Å². The predicted octanol–water partition coefficient (Wildman–Crippen LogP) is 0.885. The fourth-order valence-corrected chi connectivity index (χ4v) is 7.60. The van der Waals surface area contributed by atoms with Crippen molar-refractivity contribution in [1.29, 1.82) is 0 Å². The summed E-state index contributed by atoms with van der Waals surface area (Å²) in [7, 11) is 3.96. The molecule has 0 spiro atoms. The van der Waals surface area contributed by atoms with Crippen molar-refractivity contribution in [3.63, 3.8) is 0 Å². The molecule has 4 amide bonds. The summed E-state index contributed by atoms with van der Waals surface area (Å²) in [4.78, 5) is 81.1. The average Bonchev–Trinajstić information content (AvgIpc) is 3.50. The second kappa shape index (κ2) is 25.6. The van der Waals surface area contributed by atoms with E-state index in [1.165, 1.54) is 20.8 Å². The van der Waals surface area contributed by atoms with Crippen LogP contribution in [0.15, 0.2) is 0 Å². The maximum absolute atomic E-state index is 14.0. The first-order valence-electron chi connectivity index (χ1n) is 20.6. The summed E-state index contributed by atoms with van der Waals surface area (Å²) in [5.74, 6) is -8.28. The number of carbonyl (C=O) groups excluding carboxylic acids is 6. The number of ether oxygens (including phenoxy) is 7. The van der Waals surface area contributed by atoms with Crippen molar-refractivity contribution in [2.75, 3.05) is 120 Å². The molecule has 3 rings (SSSR count). The average molecular weight is 937 g/mol. The summed E-state index contributed by atoms with van der Waals surface area (Å²) >= 11 is 12.9. The molecule has 3 fully saturated rings. The number of amides is 4. The molecule has 3 N–H and O–H groups in total. The van der Waals surface area contributed by atoms with Crippen molar-refractivity contribution in [3.8, 4) is 0 Å². The lowest BCUT2D eigenvalue weighted by molar-refractivity contribution is -0.176. The minimum absolute atomic E-state index is 0.0362. The smallest absolute Gasteiger partial charge is 0.458 e. The van der Waals surface area contributed by atoms with Gasteiger partial charge in [0.25, 0.3) is 0 Å². The van der Waals surface area contributed by atoms with Crippen molar-refractivity contribution < 1.29 is 75.1 Å². The van der Waals surface area contributed by atoms with E-state index in [-0.39, 0.29) is 45.1 Å². The normalized spacial score (nSPS) is 21.6. The van der Waals surface area contributed by atoms with Crippen molar-refractivity contribution in [1.82, 2.24) is 25.8 Å². The third-order valence-electron chi connectivity index (χ3n) is 10.3. The molecule has 23 heteroatoms. The van der Waals surface area contributed by atoms with Gasteiger partial charge in [0.05, 0.1) is 91.7 Å². The zero-order valence-corrected chi connectivity index (χ0v) is 37.5. The molecular weight excluding hydrogens is 874 g/mol. The van der Waals surface area contributed by atoms with E-state index in [0.717, 1.165) is 11.4 Å². The molecule has 0 aromatic carbocycles. The first-order chi connectivity index (χ1) is 29.2. The Labute approximate surface area is 370 Å². The number of fused-ring (bicyclic) bond motifs is 1. The van der Waals surface area contributed by atoms with Gasteiger partial charge in [-0.2, -0.15) is 13.2 Å². The first kappa shape index (κ1) is 53.4. The summed E-state index contributed by atoms with van der Waals surface area (Å²) in [5.41, 5.74) is -1.23. The number of alkyl halides is 5. The number of likely N-dealkylation sites (tertiary alicyclic amines) is 1. The molecule has 2 heterocycles. The number of nitrogens with zero attached hydrogens (tertiary/aromatic N) is 2. The fraction of sp³-hybridized carbons (Fsp3) is 0.846. The lowest BCUT2D eigenvalue weighted by Crippen LogP contribution is -2.61. The predicted molar refractivity (Wildman–Crippen MR) is 216 cm³/mol. The van der Waals surface area contributed by atoms with Crippen molar-refractivity contribution in [2.45, 2.75) is 68.7 Å². The number of rotatable bonds is 30. The lowest BCUT2D eigenvalue weighted by atomic mass is 9.85. The zero-order chi connectivity index (χ0) is 46.1. The highest BCUT2D eigenvalue weighted by atomic mass is 35.5. The summed E-state index contributed by atoms with van der Waals surface area (Å²) in [6.45, 7) is 8.98. The monoisotopic (exact) mass is 935 g/mol. The summed E-state index contributed by atoms with van der Waals surface area (Å²) in [6, 6.07) is -4.52. The Kier molecular flexibility index (Phi) is 22.0. The highest BCUT2D eigenvalue weighted by Crippen LogP contribution is 2.65. The van der Waals surface area contributed by atoms with Crippen LogP contribution in [0.2, 0.25) is 0 Å². The van der Waals surface area contributed by atoms with Gasteiger partial charge in [-0.25, -0.2) is 0 Å².